The average Bonchev–Trinajstić information content (AvgIpc) is 3.30. The van der Waals surface area contributed by atoms with E-state index in [0.29, 0.717) is 18.7 Å². The zero-order valence-corrected chi connectivity index (χ0v) is 15.0. The SMILES string of the molecule is Cn1nc2c(c1-c1ccccc1)CCN(C(=O)c1ccc3[nH]cnc3c1)C2. The predicted molar refractivity (Wildman–Crippen MR) is 103 cm³/mol. The molecule has 134 valence electrons. The summed E-state index contributed by atoms with van der Waals surface area (Å²) in [6, 6.07) is 15.9. The largest absolute Gasteiger partial charge is 0.345 e. The standard InChI is InChI=1S/C21H19N5O/c1-25-20(14-5-3-2-4-6-14)16-9-10-26(12-19(16)24-25)21(27)15-7-8-17-18(11-15)23-13-22-17/h2-8,11,13H,9-10,12H2,1H3,(H,22,23). The molecule has 1 N–H and O–H groups in total. The number of hydrogen-bond acceptors (Lipinski definition) is 3. The number of aromatic amines is 1. The van der Waals surface area contributed by atoms with Crippen LogP contribution in [0.3, 0.4) is 0 Å². The Balaban J connectivity index is 1.45. The van der Waals surface area contributed by atoms with E-state index in [9.17, 15) is 4.79 Å². The predicted octanol–water partition coefficient (Wildman–Crippen LogP) is 3.16. The van der Waals surface area contributed by atoms with Gasteiger partial charge in [0.2, 0.25) is 0 Å². The van der Waals surface area contributed by atoms with E-state index in [0.717, 1.165) is 34.4 Å². The van der Waals surface area contributed by atoms with E-state index < -0.39 is 0 Å². The molecular weight excluding hydrogens is 338 g/mol. The number of aromatic nitrogens is 4. The van der Waals surface area contributed by atoms with Gasteiger partial charge in [-0.15, -0.1) is 0 Å². The second kappa shape index (κ2) is 6.09. The van der Waals surface area contributed by atoms with E-state index >= 15 is 0 Å². The van der Waals surface area contributed by atoms with Gasteiger partial charge in [0, 0.05) is 30.3 Å². The molecule has 1 aliphatic heterocycles. The summed E-state index contributed by atoms with van der Waals surface area (Å²) in [4.78, 5) is 22.2. The lowest BCUT2D eigenvalue weighted by Crippen LogP contribution is -2.36. The third kappa shape index (κ3) is 2.61. The maximum Gasteiger partial charge on any atom is 0.254 e. The first kappa shape index (κ1) is 15.8. The summed E-state index contributed by atoms with van der Waals surface area (Å²) in [5.74, 6) is 0.0254. The fraction of sp³-hybridized carbons (Fsp3) is 0.190. The first-order chi connectivity index (χ1) is 13.2. The summed E-state index contributed by atoms with van der Waals surface area (Å²) in [5, 5.41) is 4.70. The molecule has 2 aromatic carbocycles. The summed E-state index contributed by atoms with van der Waals surface area (Å²) in [6.45, 7) is 1.23. The lowest BCUT2D eigenvalue weighted by molar-refractivity contribution is 0.0732. The molecule has 27 heavy (non-hydrogen) atoms. The van der Waals surface area contributed by atoms with Gasteiger partial charge >= 0.3 is 0 Å². The lowest BCUT2D eigenvalue weighted by Gasteiger charge is -2.26. The third-order valence-corrected chi connectivity index (χ3v) is 5.20. The number of amides is 1. The van der Waals surface area contributed by atoms with Gasteiger partial charge in [-0.3, -0.25) is 9.48 Å². The summed E-state index contributed by atoms with van der Waals surface area (Å²) in [7, 11) is 1.97. The Bertz CT molecular complexity index is 1140. The van der Waals surface area contributed by atoms with E-state index in [1.807, 2.05) is 53.0 Å². The molecule has 4 aromatic rings. The van der Waals surface area contributed by atoms with Crippen molar-refractivity contribution in [3.63, 3.8) is 0 Å². The molecule has 0 spiro atoms. The normalized spacial score (nSPS) is 13.7. The second-order valence-electron chi connectivity index (χ2n) is 6.87. The Labute approximate surface area is 156 Å². The van der Waals surface area contributed by atoms with E-state index in [-0.39, 0.29) is 5.91 Å². The van der Waals surface area contributed by atoms with Gasteiger partial charge in [-0.1, -0.05) is 30.3 Å². The Kier molecular flexibility index (Phi) is 3.57. The Morgan fingerprint density at radius 3 is 2.85 bits per heavy atom. The van der Waals surface area contributed by atoms with Crippen molar-refractivity contribution in [2.45, 2.75) is 13.0 Å². The van der Waals surface area contributed by atoms with Crippen molar-refractivity contribution in [3.05, 3.63) is 71.7 Å². The number of imidazole rings is 1. The second-order valence-corrected chi connectivity index (χ2v) is 6.87. The molecule has 1 aliphatic rings. The van der Waals surface area contributed by atoms with Crippen LogP contribution in [-0.2, 0) is 20.0 Å². The molecule has 0 saturated carbocycles. The van der Waals surface area contributed by atoms with Gasteiger partial charge in [-0.25, -0.2) is 4.98 Å². The summed E-state index contributed by atoms with van der Waals surface area (Å²) >= 11 is 0. The van der Waals surface area contributed by atoms with Crippen LogP contribution in [0.1, 0.15) is 21.6 Å². The highest BCUT2D eigenvalue weighted by atomic mass is 16.2. The van der Waals surface area contributed by atoms with E-state index in [1.54, 1.807) is 6.33 Å². The maximum atomic E-state index is 13.0. The van der Waals surface area contributed by atoms with Crippen molar-refractivity contribution < 1.29 is 4.79 Å². The van der Waals surface area contributed by atoms with Crippen LogP contribution < -0.4 is 0 Å². The quantitative estimate of drug-likeness (QED) is 0.599. The number of hydrogen-bond donors (Lipinski definition) is 1. The van der Waals surface area contributed by atoms with Crippen molar-refractivity contribution >= 4 is 16.9 Å². The number of fused-ring (bicyclic) bond motifs is 2. The number of rotatable bonds is 2. The Hall–Kier alpha value is -3.41. The molecule has 0 fully saturated rings. The lowest BCUT2D eigenvalue weighted by atomic mass is 9.99. The number of carbonyl (C=O) groups is 1. The van der Waals surface area contributed by atoms with Crippen molar-refractivity contribution in [1.82, 2.24) is 24.6 Å². The van der Waals surface area contributed by atoms with E-state index in [2.05, 4.69) is 22.1 Å². The number of benzene rings is 2. The molecule has 6 nitrogen and oxygen atoms in total. The molecule has 0 bridgehead atoms. The van der Waals surface area contributed by atoms with Crippen LogP contribution in [0, 0.1) is 0 Å². The molecule has 5 rings (SSSR count). The molecule has 0 unspecified atom stereocenters. The van der Waals surface area contributed by atoms with Crippen LogP contribution in [0.25, 0.3) is 22.3 Å². The van der Waals surface area contributed by atoms with Gasteiger partial charge in [-0.05, 0) is 24.6 Å². The zero-order chi connectivity index (χ0) is 18.4. The number of aryl methyl sites for hydroxylation is 1. The first-order valence-electron chi connectivity index (χ1n) is 9.03. The van der Waals surface area contributed by atoms with Gasteiger partial charge in [-0.2, -0.15) is 5.10 Å². The summed E-state index contributed by atoms with van der Waals surface area (Å²) in [6.07, 6.45) is 2.45. The average molecular weight is 357 g/mol. The molecule has 0 radical (unpaired) electrons. The van der Waals surface area contributed by atoms with Crippen molar-refractivity contribution in [3.8, 4) is 11.3 Å². The first-order valence-corrected chi connectivity index (χ1v) is 9.03. The fourth-order valence-corrected chi connectivity index (χ4v) is 3.90. The zero-order valence-electron chi connectivity index (χ0n) is 15.0. The van der Waals surface area contributed by atoms with E-state index in [4.69, 9.17) is 5.10 Å². The Morgan fingerprint density at radius 1 is 1.15 bits per heavy atom. The molecule has 0 atom stereocenters. The van der Waals surface area contributed by atoms with Crippen molar-refractivity contribution in [1.29, 1.82) is 0 Å². The van der Waals surface area contributed by atoms with Crippen LogP contribution in [0.15, 0.2) is 54.9 Å². The van der Waals surface area contributed by atoms with Crippen LogP contribution in [0.4, 0.5) is 0 Å². The number of nitrogens with one attached hydrogen (secondary N) is 1. The minimum absolute atomic E-state index is 0.0254. The number of H-pyrrole nitrogens is 1. The summed E-state index contributed by atoms with van der Waals surface area (Å²) < 4.78 is 1.93. The van der Waals surface area contributed by atoms with E-state index in [1.165, 1.54) is 5.56 Å². The van der Waals surface area contributed by atoms with Crippen LogP contribution in [0.2, 0.25) is 0 Å². The maximum absolute atomic E-state index is 13.0. The highest BCUT2D eigenvalue weighted by molar-refractivity contribution is 5.97. The van der Waals surface area contributed by atoms with Crippen molar-refractivity contribution in [2.75, 3.05) is 6.54 Å². The van der Waals surface area contributed by atoms with Gasteiger partial charge in [0.15, 0.2) is 0 Å². The Morgan fingerprint density at radius 2 is 2.00 bits per heavy atom. The third-order valence-electron chi connectivity index (χ3n) is 5.20. The number of nitrogens with zero attached hydrogens (tertiary/aromatic N) is 4. The van der Waals surface area contributed by atoms with Crippen LogP contribution in [-0.4, -0.2) is 37.1 Å². The molecule has 2 aromatic heterocycles. The molecule has 3 heterocycles. The van der Waals surface area contributed by atoms with Gasteiger partial charge in [0.05, 0.1) is 35.3 Å². The smallest absolute Gasteiger partial charge is 0.254 e. The van der Waals surface area contributed by atoms with Crippen LogP contribution in [0.5, 0.6) is 0 Å². The van der Waals surface area contributed by atoms with Gasteiger partial charge < -0.3 is 9.88 Å². The van der Waals surface area contributed by atoms with Crippen LogP contribution >= 0.6 is 0 Å². The minimum Gasteiger partial charge on any atom is -0.345 e. The molecule has 0 saturated heterocycles. The fourth-order valence-electron chi connectivity index (χ4n) is 3.90. The molecule has 1 amide bonds. The highest BCUT2D eigenvalue weighted by Gasteiger charge is 2.27. The topological polar surface area (TPSA) is 66.8 Å². The molecule has 0 aliphatic carbocycles. The molecular formula is C21H19N5O. The van der Waals surface area contributed by atoms with Crippen molar-refractivity contribution in [2.24, 2.45) is 7.05 Å². The minimum atomic E-state index is 0.0254. The van der Waals surface area contributed by atoms with Gasteiger partial charge in [0.25, 0.3) is 5.91 Å². The highest BCUT2D eigenvalue weighted by Crippen LogP contribution is 2.30. The van der Waals surface area contributed by atoms with Gasteiger partial charge in [0.1, 0.15) is 0 Å². The summed E-state index contributed by atoms with van der Waals surface area (Å²) in [5.41, 5.74) is 6.95. The molecule has 6 heteroatoms. The number of carbonyl (C=O) groups excluding carboxylic acids is 1. The monoisotopic (exact) mass is 357 g/mol.